The van der Waals surface area contributed by atoms with E-state index in [0.717, 1.165) is 0 Å². The lowest BCUT2D eigenvalue weighted by Crippen LogP contribution is -2.35. The summed E-state index contributed by atoms with van der Waals surface area (Å²) >= 11 is 4.47. The zero-order valence-electron chi connectivity index (χ0n) is 6.52. The van der Waals surface area contributed by atoms with Gasteiger partial charge in [-0.2, -0.15) is 0 Å². The molecule has 6 nitrogen and oxygen atoms in total. The lowest BCUT2D eigenvalue weighted by molar-refractivity contribution is 0.0973. The van der Waals surface area contributed by atoms with Crippen LogP contribution in [0.5, 0.6) is 0 Å². The van der Waals surface area contributed by atoms with E-state index in [-0.39, 0.29) is 16.6 Å². The molecule has 0 aromatic carbocycles. The van der Waals surface area contributed by atoms with Crippen molar-refractivity contribution >= 4 is 29.1 Å². The molecule has 1 amide bonds. The number of rotatable bonds is 1. The number of nitrogens with one attached hydrogen (secondary N) is 1. The average molecular weight is 197 g/mol. The van der Waals surface area contributed by atoms with Gasteiger partial charge in [0.15, 0.2) is 16.6 Å². The summed E-state index contributed by atoms with van der Waals surface area (Å²) in [6.45, 7) is 0. The van der Waals surface area contributed by atoms with Gasteiger partial charge < -0.3 is 11.5 Å². The Labute approximate surface area is 79.4 Å². The molecule has 68 valence electrons. The van der Waals surface area contributed by atoms with Crippen molar-refractivity contribution < 1.29 is 4.79 Å². The number of nitrogen functional groups attached to an aromatic ring is 1. The molecule has 1 rings (SSSR count). The number of thiocarbonyl (C=S) groups is 1. The first-order valence-corrected chi connectivity index (χ1v) is 3.69. The van der Waals surface area contributed by atoms with Crippen molar-refractivity contribution in [1.82, 2.24) is 15.3 Å². The standard InChI is InChI=1S/C6H7N5OS/c7-4-3(9-1-2-10-4)5(12)11-6(8)13/h1-2H,(H2,7,10)(H3,8,11,12,13). The first-order valence-electron chi connectivity index (χ1n) is 3.28. The fraction of sp³-hybridized carbons (Fsp3) is 0. The van der Waals surface area contributed by atoms with Crippen LogP contribution in [0.2, 0.25) is 0 Å². The number of amides is 1. The third-order valence-corrected chi connectivity index (χ3v) is 1.28. The Balaban J connectivity index is 2.89. The molecule has 0 bridgehead atoms. The second-order valence-corrected chi connectivity index (χ2v) is 2.55. The molecule has 0 spiro atoms. The number of nitrogens with two attached hydrogens (primary N) is 2. The van der Waals surface area contributed by atoms with Crippen molar-refractivity contribution in [3.63, 3.8) is 0 Å². The largest absolute Gasteiger partial charge is 0.382 e. The maximum absolute atomic E-state index is 11.2. The predicted octanol–water partition coefficient (Wildman–Crippen LogP) is -0.968. The zero-order valence-corrected chi connectivity index (χ0v) is 7.34. The SMILES string of the molecule is NC(=S)NC(=O)c1nccnc1N. The fourth-order valence-electron chi connectivity index (χ4n) is 0.695. The molecule has 13 heavy (non-hydrogen) atoms. The van der Waals surface area contributed by atoms with Crippen LogP contribution in [0.1, 0.15) is 10.5 Å². The minimum Gasteiger partial charge on any atom is -0.382 e. The van der Waals surface area contributed by atoms with Crippen LogP contribution in [0.15, 0.2) is 12.4 Å². The Morgan fingerprint density at radius 2 is 2.08 bits per heavy atom. The van der Waals surface area contributed by atoms with Crippen LogP contribution in [-0.2, 0) is 0 Å². The Bertz CT molecular complexity index is 353. The molecular weight excluding hydrogens is 190 g/mol. The first-order chi connectivity index (χ1) is 6.11. The van der Waals surface area contributed by atoms with Crippen molar-refractivity contribution in [3.8, 4) is 0 Å². The van der Waals surface area contributed by atoms with Crippen LogP contribution in [0.4, 0.5) is 5.82 Å². The van der Waals surface area contributed by atoms with E-state index in [9.17, 15) is 4.79 Å². The highest BCUT2D eigenvalue weighted by Crippen LogP contribution is 2.01. The second-order valence-electron chi connectivity index (χ2n) is 2.11. The molecule has 5 N–H and O–H groups in total. The number of aromatic nitrogens is 2. The molecule has 0 saturated heterocycles. The quantitative estimate of drug-likeness (QED) is 0.500. The van der Waals surface area contributed by atoms with Crippen LogP contribution >= 0.6 is 12.2 Å². The maximum atomic E-state index is 11.2. The van der Waals surface area contributed by atoms with Crippen LogP contribution in [0.25, 0.3) is 0 Å². The highest BCUT2D eigenvalue weighted by atomic mass is 32.1. The van der Waals surface area contributed by atoms with Gasteiger partial charge in [0.1, 0.15) is 0 Å². The number of carbonyl (C=O) groups excluding carboxylic acids is 1. The van der Waals surface area contributed by atoms with Gasteiger partial charge in [-0.05, 0) is 12.2 Å². The first kappa shape index (κ1) is 9.33. The van der Waals surface area contributed by atoms with Gasteiger partial charge in [0.05, 0.1) is 0 Å². The topological polar surface area (TPSA) is 107 Å². The second kappa shape index (κ2) is 3.76. The minimum atomic E-state index is -0.557. The maximum Gasteiger partial charge on any atom is 0.279 e. The van der Waals surface area contributed by atoms with Crippen LogP contribution in [-0.4, -0.2) is 21.0 Å². The molecule has 7 heteroatoms. The van der Waals surface area contributed by atoms with Crippen molar-refractivity contribution in [2.45, 2.75) is 0 Å². The van der Waals surface area contributed by atoms with Crippen LogP contribution < -0.4 is 16.8 Å². The zero-order chi connectivity index (χ0) is 9.84. The number of hydrogen-bond acceptors (Lipinski definition) is 5. The number of carbonyl (C=O) groups is 1. The Kier molecular flexibility index (Phi) is 2.70. The molecule has 1 heterocycles. The van der Waals surface area contributed by atoms with Crippen LogP contribution in [0, 0.1) is 0 Å². The summed E-state index contributed by atoms with van der Waals surface area (Å²) in [6.07, 6.45) is 2.73. The van der Waals surface area contributed by atoms with Crippen molar-refractivity contribution in [2.75, 3.05) is 5.73 Å². The Hall–Kier alpha value is -1.76. The Morgan fingerprint density at radius 1 is 1.46 bits per heavy atom. The third-order valence-electron chi connectivity index (χ3n) is 1.18. The fourth-order valence-corrected chi connectivity index (χ4v) is 0.788. The molecule has 0 atom stereocenters. The summed E-state index contributed by atoms with van der Waals surface area (Å²) in [7, 11) is 0. The van der Waals surface area contributed by atoms with Gasteiger partial charge >= 0.3 is 0 Å². The van der Waals surface area contributed by atoms with Gasteiger partial charge in [-0.15, -0.1) is 0 Å². The van der Waals surface area contributed by atoms with E-state index >= 15 is 0 Å². The highest BCUT2D eigenvalue weighted by molar-refractivity contribution is 7.80. The molecule has 0 unspecified atom stereocenters. The summed E-state index contributed by atoms with van der Waals surface area (Å²) in [5.41, 5.74) is 10.5. The number of nitrogens with zero attached hydrogens (tertiary/aromatic N) is 2. The summed E-state index contributed by atoms with van der Waals surface area (Å²) in [5, 5.41) is 2.06. The molecule has 0 aliphatic carbocycles. The molecule has 0 saturated carbocycles. The van der Waals surface area contributed by atoms with Gasteiger partial charge in [0, 0.05) is 12.4 Å². The van der Waals surface area contributed by atoms with E-state index in [0.29, 0.717) is 0 Å². The van der Waals surface area contributed by atoms with Crippen molar-refractivity contribution in [3.05, 3.63) is 18.1 Å². The molecule has 0 aliphatic heterocycles. The van der Waals surface area contributed by atoms with E-state index in [1.165, 1.54) is 12.4 Å². The molecular formula is C6H7N5OS. The van der Waals surface area contributed by atoms with E-state index in [1.807, 2.05) is 0 Å². The summed E-state index contributed by atoms with van der Waals surface area (Å²) in [4.78, 5) is 18.6. The number of hydrogen-bond donors (Lipinski definition) is 3. The van der Waals surface area contributed by atoms with Gasteiger partial charge in [-0.1, -0.05) is 0 Å². The van der Waals surface area contributed by atoms with Gasteiger partial charge in [0.25, 0.3) is 5.91 Å². The lowest BCUT2D eigenvalue weighted by Gasteiger charge is -2.02. The number of anilines is 1. The van der Waals surface area contributed by atoms with E-state index in [1.54, 1.807) is 0 Å². The van der Waals surface area contributed by atoms with E-state index in [2.05, 4.69) is 27.5 Å². The van der Waals surface area contributed by atoms with E-state index < -0.39 is 5.91 Å². The van der Waals surface area contributed by atoms with Crippen molar-refractivity contribution in [2.24, 2.45) is 5.73 Å². The van der Waals surface area contributed by atoms with Gasteiger partial charge in [0.2, 0.25) is 0 Å². The monoisotopic (exact) mass is 197 g/mol. The summed E-state index contributed by atoms with van der Waals surface area (Å²) in [5.74, 6) is -0.519. The average Bonchev–Trinajstić information content (AvgIpc) is 2.03. The minimum absolute atomic E-state index is 0.00954. The summed E-state index contributed by atoms with van der Waals surface area (Å²) < 4.78 is 0. The van der Waals surface area contributed by atoms with Crippen molar-refractivity contribution in [1.29, 1.82) is 0 Å². The normalized spacial score (nSPS) is 9.23. The Morgan fingerprint density at radius 3 is 2.62 bits per heavy atom. The lowest BCUT2D eigenvalue weighted by atomic mass is 10.4. The van der Waals surface area contributed by atoms with E-state index in [4.69, 9.17) is 11.5 Å². The van der Waals surface area contributed by atoms with Crippen LogP contribution in [0.3, 0.4) is 0 Å². The predicted molar refractivity (Wildman–Crippen MR) is 50.7 cm³/mol. The van der Waals surface area contributed by atoms with Gasteiger partial charge in [-0.25, -0.2) is 9.97 Å². The highest BCUT2D eigenvalue weighted by Gasteiger charge is 2.11. The molecule has 0 radical (unpaired) electrons. The molecule has 0 aliphatic rings. The van der Waals surface area contributed by atoms with Gasteiger partial charge in [-0.3, -0.25) is 10.1 Å². The molecule has 1 aromatic heterocycles. The molecule has 0 fully saturated rings. The third kappa shape index (κ3) is 2.34. The smallest absolute Gasteiger partial charge is 0.279 e. The molecule has 1 aromatic rings. The summed E-state index contributed by atoms with van der Waals surface area (Å²) in [6, 6.07) is 0.